The summed E-state index contributed by atoms with van der Waals surface area (Å²) in [6.45, 7) is 0. The Morgan fingerprint density at radius 1 is 1.36 bits per heavy atom. The average Bonchev–Trinajstić information content (AvgIpc) is 2.38. The average molecular weight is 275 g/mol. The molecule has 1 aromatic rings. The first-order chi connectivity index (χ1) is 6.81. The summed E-state index contributed by atoms with van der Waals surface area (Å²) < 4.78 is 1.16. The van der Waals surface area contributed by atoms with Gasteiger partial charge in [0.25, 0.3) is 0 Å². The third-order valence-corrected chi connectivity index (χ3v) is 3.56. The molecule has 1 unspecified atom stereocenters. The van der Waals surface area contributed by atoms with E-state index in [1.165, 1.54) is 30.4 Å². The Morgan fingerprint density at radius 3 is 3.00 bits per heavy atom. The van der Waals surface area contributed by atoms with Crippen molar-refractivity contribution in [3.63, 3.8) is 0 Å². The van der Waals surface area contributed by atoms with Crippen LogP contribution in [0.5, 0.6) is 0 Å². The van der Waals surface area contributed by atoms with Crippen LogP contribution in [-0.4, -0.2) is 0 Å². The lowest BCUT2D eigenvalue weighted by Gasteiger charge is -2.15. The van der Waals surface area contributed by atoms with Gasteiger partial charge < -0.3 is 0 Å². The Morgan fingerprint density at radius 2 is 2.21 bits per heavy atom. The quantitative estimate of drug-likeness (QED) is 0.604. The van der Waals surface area contributed by atoms with E-state index in [-0.39, 0.29) is 0 Å². The number of halogens is 2. The molecule has 0 spiro atoms. The van der Waals surface area contributed by atoms with E-state index in [0.29, 0.717) is 6.04 Å². The molecule has 76 valence electrons. The summed E-state index contributed by atoms with van der Waals surface area (Å²) in [6, 6.07) is 6.79. The highest BCUT2D eigenvalue weighted by molar-refractivity contribution is 9.10. The van der Waals surface area contributed by atoms with E-state index in [2.05, 4.69) is 39.0 Å². The number of hydrogen-bond acceptors (Lipinski definition) is 1. The molecule has 0 bridgehead atoms. The first-order valence-electron chi connectivity index (χ1n) is 4.96. The van der Waals surface area contributed by atoms with Crippen molar-refractivity contribution in [2.75, 3.05) is 0 Å². The number of hydrogen-bond donors (Lipinski definition) is 1. The van der Waals surface area contributed by atoms with Crippen LogP contribution in [0, 0.1) is 0 Å². The molecule has 1 atom stereocenters. The zero-order valence-corrected chi connectivity index (χ0v) is 10.2. The molecule has 1 aliphatic carbocycles. The van der Waals surface area contributed by atoms with Crippen LogP contribution >= 0.6 is 27.7 Å². The van der Waals surface area contributed by atoms with Gasteiger partial charge in [-0.15, -0.1) is 0 Å². The molecule has 0 aliphatic heterocycles. The lowest BCUT2D eigenvalue weighted by molar-refractivity contribution is 0.581. The number of benzene rings is 1. The largest absolute Gasteiger partial charge is 0.226 e. The van der Waals surface area contributed by atoms with Gasteiger partial charge >= 0.3 is 0 Å². The van der Waals surface area contributed by atoms with Gasteiger partial charge in [-0.25, -0.2) is 4.84 Å². The van der Waals surface area contributed by atoms with Crippen molar-refractivity contribution >= 4 is 27.7 Å². The second-order valence-corrected chi connectivity index (χ2v) is 4.88. The zero-order chi connectivity index (χ0) is 9.97. The van der Waals surface area contributed by atoms with Crippen LogP contribution in [0.15, 0.2) is 22.7 Å². The summed E-state index contributed by atoms with van der Waals surface area (Å²) in [5.41, 5.74) is 2.79. The molecule has 0 saturated carbocycles. The predicted octanol–water partition coefficient (Wildman–Crippen LogP) is 3.96. The minimum atomic E-state index is 0.322. The van der Waals surface area contributed by atoms with Crippen LogP contribution in [0.2, 0.25) is 0 Å². The summed E-state index contributed by atoms with van der Waals surface area (Å²) >= 11 is 9.26. The maximum absolute atomic E-state index is 5.76. The second kappa shape index (κ2) is 4.65. The van der Waals surface area contributed by atoms with E-state index >= 15 is 0 Å². The minimum absolute atomic E-state index is 0.322. The Balaban J connectivity index is 2.39. The Hall–Kier alpha value is -0.0500. The highest BCUT2D eigenvalue weighted by atomic mass is 79.9. The van der Waals surface area contributed by atoms with Crippen molar-refractivity contribution in [3.05, 3.63) is 33.8 Å². The topological polar surface area (TPSA) is 12.0 Å². The van der Waals surface area contributed by atoms with E-state index in [4.69, 9.17) is 11.8 Å². The maximum Gasteiger partial charge on any atom is 0.0473 e. The summed E-state index contributed by atoms with van der Waals surface area (Å²) in [5.74, 6) is 0. The Bertz CT molecular complexity index is 327. The molecule has 0 saturated heterocycles. The van der Waals surface area contributed by atoms with Crippen molar-refractivity contribution in [2.24, 2.45) is 0 Å². The number of nitrogens with one attached hydrogen (secondary N) is 1. The molecule has 0 heterocycles. The molecule has 1 aromatic carbocycles. The molecule has 0 aromatic heterocycles. The van der Waals surface area contributed by atoms with E-state index in [1.54, 1.807) is 0 Å². The van der Waals surface area contributed by atoms with Crippen LogP contribution in [-0.2, 0) is 6.42 Å². The molecule has 3 heteroatoms. The Kier molecular flexibility index (Phi) is 3.47. The molecular formula is C11H13BrClN. The molecule has 0 fully saturated rings. The first-order valence-corrected chi connectivity index (χ1v) is 6.13. The van der Waals surface area contributed by atoms with Crippen molar-refractivity contribution in [1.29, 1.82) is 0 Å². The van der Waals surface area contributed by atoms with Crippen molar-refractivity contribution < 1.29 is 0 Å². The van der Waals surface area contributed by atoms with Crippen LogP contribution in [0.1, 0.15) is 36.4 Å². The summed E-state index contributed by atoms with van der Waals surface area (Å²) in [6.07, 6.45) is 4.82. The van der Waals surface area contributed by atoms with Gasteiger partial charge in [-0.05, 0) is 54.3 Å². The fourth-order valence-corrected chi connectivity index (χ4v) is 2.70. The molecule has 1 N–H and O–H groups in total. The molecule has 14 heavy (non-hydrogen) atoms. The van der Waals surface area contributed by atoms with E-state index in [0.717, 1.165) is 10.9 Å². The van der Waals surface area contributed by atoms with Crippen LogP contribution < -0.4 is 4.84 Å². The smallest absolute Gasteiger partial charge is 0.0473 e. The fourth-order valence-electron chi connectivity index (χ4n) is 2.06. The lowest BCUT2D eigenvalue weighted by atomic mass is 10.00. The minimum Gasteiger partial charge on any atom is -0.226 e. The van der Waals surface area contributed by atoms with Crippen LogP contribution in [0.3, 0.4) is 0 Å². The van der Waals surface area contributed by atoms with E-state index in [9.17, 15) is 0 Å². The predicted molar refractivity (Wildman–Crippen MR) is 63.4 cm³/mol. The van der Waals surface area contributed by atoms with E-state index in [1.807, 2.05) is 0 Å². The number of aryl methyl sites for hydroxylation is 1. The monoisotopic (exact) mass is 273 g/mol. The molecule has 0 amide bonds. The van der Waals surface area contributed by atoms with Crippen molar-refractivity contribution in [3.8, 4) is 0 Å². The molecule has 0 radical (unpaired) electrons. The van der Waals surface area contributed by atoms with Gasteiger partial charge in [0.2, 0.25) is 0 Å². The highest BCUT2D eigenvalue weighted by Crippen LogP contribution is 2.30. The summed E-state index contributed by atoms with van der Waals surface area (Å²) in [4.78, 5) is 2.88. The summed E-state index contributed by atoms with van der Waals surface area (Å²) in [7, 11) is 0. The first kappa shape index (κ1) is 10.5. The third-order valence-electron chi connectivity index (χ3n) is 2.80. The van der Waals surface area contributed by atoms with Crippen LogP contribution in [0.4, 0.5) is 0 Å². The molecule has 1 nitrogen and oxygen atoms in total. The maximum atomic E-state index is 5.76. The number of rotatable bonds is 1. The Labute approximate surface area is 98.1 Å². The fraction of sp³-hybridized carbons (Fsp3) is 0.455. The van der Waals surface area contributed by atoms with Gasteiger partial charge in [0.05, 0.1) is 0 Å². The third kappa shape index (κ3) is 2.13. The summed E-state index contributed by atoms with van der Waals surface area (Å²) in [5, 5.41) is 0. The van der Waals surface area contributed by atoms with Gasteiger partial charge in [0, 0.05) is 10.5 Å². The molecule has 2 rings (SSSR count). The van der Waals surface area contributed by atoms with Gasteiger partial charge in [0.15, 0.2) is 0 Å². The number of fused-ring (bicyclic) bond motifs is 1. The highest BCUT2D eigenvalue weighted by Gasteiger charge is 2.17. The van der Waals surface area contributed by atoms with Gasteiger partial charge in [0.1, 0.15) is 0 Å². The normalized spacial score (nSPS) is 21.4. The lowest BCUT2D eigenvalue weighted by Crippen LogP contribution is -2.11. The SMILES string of the molecule is ClNC1CCCCc2cc(Br)ccc21. The molecular weight excluding hydrogens is 261 g/mol. The van der Waals surface area contributed by atoms with Gasteiger partial charge in [-0.1, -0.05) is 28.4 Å². The van der Waals surface area contributed by atoms with Crippen molar-refractivity contribution in [1.82, 2.24) is 4.84 Å². The molecule has 1 aliphatic rings. The zero-order valence-electron chi connectivity index (χ0n) is 7.89. The van der Waals surface area contributed by atoms with E-state index < -0.39 is 0 Å². The van der Waals surface area contributed by atoms with Crippen molar-refractivity contribution in [2.45, 2.75) is 31.7 Å². The van der Waals surface area contributed by atoms with Crippen LogP contribution in [0.25, 0.3) is 0 Å². The standard InChI is InChI=1S/C11H13BrClN/c12-9-5-6-10-8(7-9)3-1-2-4-11(10)14-13/h5-7,11,14H,1-4H2. The van der Waals surface area contributed by atoms with Gasteiger partial charge in [-0.2, -0.15) is 0 Å². The second-order valence-electron chi connectivity index (χ2n) is 3.75. The van der Waals surface area contributed by atoms with Gasteiger partial charge in [-0.3, -0.25) is 0 Å².